The molecule has 0 bridgehead atoms. The summed E-state index contributed by atoms with van der Waals surface area (Å²) < 4.78 is 6.89. The highest BCUT2D eigenvalue weighted by molar-refractivity contribution is 6.10. The highest BCUT2D eigenvalue weighted by Crippen LogP contribution is 2.20. The fourth-order valence-electron chi connectivity index (χ4n) is 3.11. The smallest absolute Gasteiger partial charge is 0.334 e. The molecule has 166 valence electrons. The van der Waals surface area contributed by atoms with Crippen LogP contribution in [0.15, 0.2) is 45.5 Å². The number of carbonyl (C=O) groups excluding carboxylic acids is 2. The van der Waals surface area contributed by atoms with Crippen LogP contribution in [0.5, 0.6) is 0 Å². The van der Waals surface area contributed by atoms with Gasteiger partial charge in [0.05, 0.1) is 12.5 Å². The number of esters is 1. The number of hydrogen-bond acceptors (Lipinski definition) is 6. The third-order valence-electron chi connectivity index (χ3n) is 4.51. The number of hydrogen-bond donors (Lipinski definition) is 0. The summed E-state index contributed by atoms with van der Waals surface area (Å²) in [5, 5.41) is 8.98. The summed E-state index contributed by atoms with van der Waals surface area (Å²) in [6, 6.07) is 1.97. The summed E-state index contributed by atoms with van der Waals surface area (Å²) in [7, 11) is 0. The molecule has 0 fully saturated rings. The van der Waals surface area contributed by atoms with Gasteiger partial charge in [0, 0.05) is 24.6 Å². The van der Waals surface area contributed by atoms with E-state index in [4.69, 9.17) is 10.00 Å². The van der Waals surface area contributed by atoms with Crippen molar-refractivity contribution in [3.63, 3.8) is 0 Å². The maximum Gasteiger partial charge on any atom is 0.334 e. The molecule has 0 unspecified atom stereocenters. The second-order valence-corrected chi connectivity index (χ2v) is 7.28. The maximum atomic E-state index is 13.5. The second-order valence-electron chi connectivity index (χ2n) is 7.28. The Balaban J connectivity index is 3.89. The number of nitrogens with zero attached hydrogens (tertiary/aromatic N) is 3. The predicted octanol–water partition coefficient (Wildman–Crippen LogP) is 3.22. The highest BCUT2D eigenvalue weighted by Gasteiger charge is 2.27. The molecule has 1 rings (SSSR count). The summed E-state index contributed by atoms with van der Waals surface area (Å²) in [6.45, 7) is 11.4. The Morgan fingerprint density at radius 3 is 2.35 bits per heavy atom. The average Bonchev–Trinajstić information content (AvgIpc) is 2.69. The first-order valence-corrected chi connectivity index (χ1v) is 10.0. The van der Waals surface area contributed by atoms with Gasteiger partial charge in [-0.25, -0.2) is 9.36 Å². The van der Waals surface area contributed by atoms with Crippen molar-refractivity contribution in [2.45, 2.75) is 66.7 Å². The molecule has 0 spiro atoms. The normalized spacial score (nSPS) is 11.9. The molecule has 0 aromatic carbocycles. The van der Waals surface area contributed by atoms with Gasteiger partial charge in [0.1, 0.15) is 5.69 Å². The van der Waals surface area contributed by atoms with Crippen molar-refractivity contribution >= 4 is 11.8 Å². The molecule has 0 saturated carbocycles. The standard InChI is InChI=1S/C23H29N3O5/c1-7-10-16(5)13-18(11-9-12-24)21(28)20-19(15(3)4)22(29)26(14-31-17(6)27)23(30)25(20)8-2/h7,11,13,15H,1,8-10,14H2,2-6H3/b16-13-,18-11+. The van der Waals surface area contributed by atoms with Gasteiger partial charge in [-0.2, -0.15) is 5.26 Å². The Kier molecular flexibility index (Phi) is 9.61. The van der Waals surface area contributed by atoms with Crippen molar-refractivity contribution in [2.75, 3.05) is 0 Å². The molecule has 1 aromatic heterocycles. The van der Waals surface area contributed by atoms with Gasteiger partial charge in [0.15, 0.2) is 6.73 Å². The second kappa shape index (κ2) is 11.6. The fourth-order valence-corrected chi connectivity index (χ4v) is 3.11. The Labute approximate surface area is 181 Å². The Morgan fingerprint density at radius 1 is 1.23 bits per heavy atom. The van der Waals surface area contributed by atoms with Crippen LogP contribution in [0.1, 0.15) is 69.4 Å². The van der Waals surface area contributed by atoms with Gasteiger partial charge < -0.3 is 4.74 Å². The molecule has 0 saturated heterocycles. The maximum absolute atomic E-state index is 13.5. The lowest BCUT2D eigenvalue weighted by Gasteiger charge is -2.20. The zero-order valence-electron chi connectivity index (χ0n) is 18.7. The van der Waals surface area contributed by atoms with E-state index in [1.807, 2.05) is 13.0 Å². The van der Waals surface area contributed by atoms with Gasteiger partial charge >= 0.3 is 11.7 Å². The first-order valence-electron chi connectivity index (χ1n) is 10.0. The van der Waals surface area contributed by atoms with Gasteiger partial charge in [0.25, 0.3) is 5.56 Å². The molecule has 0 N–H and O–H groups in total. The van der Waals surface area contributed by atoms with Gasteiger partial charge in [-0.3, -0.25) is 19.0 Å². The summed E-state index contributed by atoms with van der Waals surface area (Å²) >= 11 is 0. The van der Waals surface area contributed by atoms with E-state index in [0.29, 0.717) is 6.42 Å². The largest absolute Gasteiger partial charge is 0.444 e. The topological polar surface area (TPSA) is 111 Å². The van der Waals surface area contributed by atoms with Crippen LogP contribution in [0, 0.1) is 11.3 Å². The predicted molar refractivity (Wildman–Crippen MR) is 118 cm³/mol. The molecular formula is C23H29N3O5. The summed E-state index contributed by atoms with van der Waals surface area (Å²) in [4.78, 5) is 50.8. The van der Waals surface area contributed by atoms with Crippen LogP contribution in [0.2, 0.25) is 0 Å². The van der Waals surface area contributed by atoms with E-state index < -0.39 is 29.7 Å². The Hall–Kier alpha value is -3.47. The number of aromatic nitrogens is 2. The van der Waals surface area contributed by atoms with Crippen molar-refractivity contribution in [1.29, 1.82) is 5.26 Å². The van der Waals surface area contributed by atoms with Gasteiger partial charge in [-0.1, -0.05) is 37.6 Å². The van der Waals surface area contributed by atoms with Gasteiger partial charge in [-0.05, 0) is 26.2 Å². The van der Waals surface area contributed by atoms with Crippen LogP contribution in [0.25, 0.3) is 0 Å². The van der Waals surface area contributed by atoms with Crippen molar-refractivity contribution < 1.29 is 14.3 Å². The molecule has 1 heterocycles. The molecule has 0 radical (unpaired) electrons. The van der Waals surface area contributed by atoms with Crippen LogP contribution in [-0.4, -0.2) is 20.9 Å². The molecule has 0 aliphatic heterocycles. The first kappa shape index (κ1) is 25.6. The quantitative estimate of drug-likeness (QED) is 0.186. The minimum atomic E-state index is -0.743. The number of rotatable bonds is 10. The number of Topliss-reactive ketones (excluding diaryl/α,β-unsaturated/α-hetero) is 1. The van der Waals surface area contributed by atoms with Crippen LogP contribution >= 0.6 is 0 Å². The van der Waals surface area contributed by atoms with E-state index in [2.05, 4.69) is 6.58 Å². The van der Waals surface area contributed by atoms with Crippen molar-refractivity contribution in [2.24, 2.45) is 0 Å². The lowest BCUT2D eigenvalue weighted by molar-refractivity contribution is -0.145. The number of ketones is 1. The summed E-state index contributed by atoms with van der Waals surface area (Å²) in [5.74, 6) is -1.54. The first-order chi connectivity index (χ1) is 14.6. The van der Waals surface area contributed by atoms with Crippen LogP contribution < -0.4 is 11.2 Å². The van der Waals surface area contributed by atoms with E-state index in [1.165, 1.54) is 17.6 Å². The lowest BCUT2D eigenvalue weighted by atomic mass is 9.95. The Morgan fingerprint density at radius 2 is 1.87 bits per heavy atom. The highest BCUT2D eigenvalue weighted by atomic mass is 16.5. The van der Waals surface area contributed by atoms with E-state index in [-0.39, 0.29) is 35.7 Å². The SMILES string of the molecule is C=CC/C(C)=C\C(=C/CC#N)C(=O)c1c(C(C)C)c(=O)n(COC(C)=O)c(=O)n1CC. The molecule has 8 heteroatoms. The number of allylic oxidation sites excluding steroid dienone is 5. The van der Waals surface area contributed by atoms with Crippen molar-refractivity contribution in [1.82, 2.24) is 9.13 Å². The summed E-state index contributed by atoms with van der Waals surface area (Å²) in [6.07, 6.45) is 5.35. The molecule has 1 aromatic rings. The van der Waals surface area contributed by atoms with Crippen LogP contribution in [0.3, 0.4) is 0 Å². The summed E-state index contributed by atoms with van der Waals surface area (Å²) in [5.41, 5.74) is -0.225. The van der Waals surface area contributed by atoms with E-state index in [9.17, 15) is 19.2 Å². The Bertz CT molecular complexity index is 1080. The monoisotopic (exact) mass is 427 g/mol. The molecule has 0 amide bonds. The average molecular weight is 428 g/mol. The van der Waals surface area contributed by atoms with Gasteiger partial charge in [0.2, 0.25) is 5.78 Å². The third kappa shape index (κ3) is 6.25. The minimum absolute atomic E-state index is 0.00414. The third-order valence-corrected chi connectivity index (χ3v) is 4.51. The van der Waals surface area contributed by atoms with E-state index in [1.54, 1.807) is 32.9 Å². The van der Waals surface area contributed by atoms with Gasteiger partial charge in [-0.15, -0.1) is 6.58 Å². The number of nitriles is 1. The molecule has 0 atom stereocenters. The number of carbonyl (C=O) groups is 2. The number of ether oxygens (including phenoxy) is 1. The van der Waals surface area contributed by atoms with Crippen LogP contribution in [0.4, 0.5) is 0 Å². The van der Waals surface area contributed by atoms with Crippen molar-refractivity contribution in [3.05, 3.63) is 68.0 Å². The molecule has 8 nitrogen and oxygen atoms in total. The van der Waals surface area contributed by atoms with Crippen molar-refractivity contribution in [3.8, 4) is 6.07 Å². The van der Waals surface area contributed by atoms with E-state index >= 15 is 0 Å². The van der Waals surface area contributed by atoms with E-state index in [0.717, 1.165) is 10.1 Å². The lowest BCUT2D eigenvalue weighted by Crippen LogP contribution is -2.45. The zero-order valence-corrected chi connectivity index (χ0v) is 18.7. The molecular weight excluding hydrogens is 398 g/mol. The molecule has 0 aliphatic rings. The zero-order chi connectivity index (χ0) is 23.7. The van der Waals surface area contributed by atoms with Crippen LogP contribution in [-0.2, 0) is 22.8 Å². The molecule has 31 heavy (non-hydrogen) atoms. The fraction of sp³-hybridized carbons (Fsp3) is 0.435. The molecule has 0 aliphatic carbocycles. The minimum Gasteiger partial charge on any atom is -0.444 e.